The smallest absolute Gasteiger partial charge is 0.410 e. The van der Waals surface area contributed by atoms with Gasteiger partial charge in [0.05, 0.1) is 29.7 Å². The first-order chi connectivity index (χ1) is 15.4. The molecule has 11 nitrogen and oxygen atoms in total. The maximum atomic E-state index is 12.1. The molecule has 1 amide bonds. The average Bonchev–Trinajstić information content (AvgIpc) is 3.43. The van der Waals surface area contributed by atoms with Crippen LogP contribution in [0.15, 0.2) is 31.0 Å². The Morgan fingerprint density at radius 3 is 2.72 bits per heavy atom. The lowest BCUT2D eigenvalue weighted by atomic mass is 10.1. The minimum atomic E-state index is -0.254. The number of hydrogen-bond donors (Lipinski definition) is 2. The van der Waals surface area contributed by atoms with Crippen molar-refractivity contribution in [3.8, 4) is 5.82 Å². The Bertz CT molecular complexity index is 1050. The first-order valence-electron chi connectivity index (χ1n) is 10.8. The Morgan fingerprint density at radius 1 is 1.28 bits per heavy atom. The maximum Gasteiger partial charge on any atom is 0.410 e. The van der Waals surface area contributed by atoms with Gasteiger partial charge in [0, 0.05) is 25.2 Å². The SMILES string of the molecule is Cc1nc(-n2cncn2)ccc1NCc1cnn(C2CCN(C(=O)OC(C)C)CC2)c1N. The van der Waals surface area contributed by atoms with Gasteiger partial charge in [0.25, 0.3) is 0 Å². The van der Waals surface area contributed by atoms with Crippen molar-refractivity contribution in [1.82, 2.24) is 34.4 Å². The number of carbonyl (C=O) groups is 1. The highest BCUT2D eigenvalue weighted by Gasteiger charge is 2.27. The molecule has 3 aromatic rings. The molecule has 0 aromatic carbocycles. The zero-order chi connectivity index (χ0) is 22.7. The number of nitrogens with two attached hydrogens (primary N) is 1. The molecule has 0 bridgehead atoms. The number of carbonyl (C=O) groups excluding carboxylic acids is 1. The summed E-state index contributed by atoms with van der Waals surface area (Å²) in [7, 11) is 0. The minimum absolute atomic E-state index is 0.116. The Balaban J connectivity index is 1.35. The number of aryl methyl sites for hydroxylation is 1. The number of hydrogen-bond acceptors (Lipinski definition) is 8. The fraction of sp³-hybridized carbons (Fsp3) is 0.476. The maximum absolute atomic E-state index is 12.1. The number of ether oxygens (including phenoxy) is 1. The fourth-order valence-corrected chi connectivity index (χ4v) is 3.78. The van der Waals surface area contributed by atoms with Gasteiger partial charge in [-0.1, -0.05) is 0 Å². The quantitative estimate of drug-likeness (QED) is 0.599. The van der Waals surface area contributed by atoms with Crippen LogP contribution in [0, 0.1) is 6.92 Å². The predicted molar refractivity (Wildman–Crippen MR) is 119 cm³/mol. The summed E-state index contributed by atoms with van der Waals surface area (Å²) in [5.41, 5.74) is 9.09. The normalized spacial score (nSPS) is 14.7. The van der Waals surface area contributed by atoms with Gasteiger partial charge in [0.1, 0.15) is 18.5 Å². The molecule has 0 unspecified atom stereocenters. The molecule has 0 atom stereocenters. The van der Waals surface area contributed by atoms with E-state index in [-0.39, 0.29) is 18.2 Å². The predicted octanol–water partition coefficient (Wildman–Crippen LogP) is 2.54. The molecule has 1 fully saturated rings. The minimum Gasteiger partial charge on any atom is -0.447 e. The van der Waals surface area contributed by atoms with Crippen LogP contribution in [-0.2, 0) is 11.3 Å². The van der Waals surface area contributed by atoms with Crippen LogP contribution in [0.25, 0.3) is 5.82 Å². The van der Waals surface area contributed by atoms with Crippen LogP contribution in [0.5, 0.6) is 0 Å². The van der Waals surface area contributed by atoms with Crippen molar-refractivity contribution in [2.45, 2.75) is 52.3 Å². The number of rotatable bonds is 6. The topological polar surface area (TPSA) is 129 Å². The summed E-state index contributed by atoms with van der Waals surface area (Å²) in [6.45, 7) is 7.45. The Morgan fingerprint density at radius 2 is 2.06 bits per heavy atom. The second kappa shape index (κ2) is 9.25. The average molecular weight is 440 g/mol. The molecule has 1 aliphatic heterocycles. The van der Waals surface area contributed by atoms with Crippen LogP contribution in [0.3, 0.4) is 0 Å². The number of likely N-dealkylation sites (tertiary alicyclic amines) is 1. The lowest BCUT2D eigenvalue weighted by molar-refractivity contribution is 0.0655. The zero-order valence-corrected chi connectivity index (χ0v) is 18.6. The number of nitrogen functional groups attached to an aromatic ring is 1. The number of nitrogens with one attached hydrogen (secondary N) is 1. The Hall–Kier alpha value is -3.63. The summed E-state index contributed by atoms with van der Waals surface area (Å²) < 4.78 is 8.78. The molecule has 0 spiro atoms. The van der Waals surface area contributed by atoms with E-state index in [1.165, 1.54) is 6.33 Å². The molecule has 4 rings (SSSR count). The van der Waals surface area contributed by atoms with Crippen LogP contribution in [0.4, 0.5) is 16.3 Å². The van der Waals surface area contributed by atoms with Gasteiger partial charge < -0.3 is 20.7 Å². The van der Waals surface area contributed by atoms with Crippen LogP contribution < -0.4 is 11.1 Å². The number of amides is 1. The molecule has 1 aliphatic rings. The van der Waals surface area contributed by atoms with E-state index in [1.807, 2.05) is 37.6 Å². The van der Waals surface area contributed by atoms with Gasteiger partial charge in [-0.2, -0.15) is 10.2 Å². The van der Waals surface area contributed by atoms with E-state index in [0.29, 0.717) is 31.3 Å². The first kappa shape index (κ1) is 21.6. The highest BCUT2D eigenvalue weighted by Crippen LogP contribution is 2.27. The van der Waals surface area contributed by atoms with E-state index in [1.54, 1.807) is 22.1 Å². The molecular weight excluding hydrogens is 410 g/mol. The molecule has 170 valence electrons. The van der Waals surface area contributed by atoms with Crippen molar-refractivity contribution in [2.24, 2.45) is 0 Å². The summed E-state index contributed by atoms with van der Waals surface area (Å²) in [6, 6.07) is 4.01. The van der Waals surface area contributed by atoms with Crippen molar-refractivity contribution >= 4 is 17.6 Å². The third-order valence-electron chi connectivity index (χ3n) is 5.51. The number of aromatic nitrogens is 6. The molecule has 0 radical (unpaired) electrons. The molecular formula is C21H29N9O2. The molecule has 3 N–H and O–H groups in total. The van der Waals surface area contributed by atoms with Gasteiger partial charge in [-0.05, 0) is 45.7 Å². The Labute approximate surface area is 186 Å². The summed E-state index contributed by atoms with van der Waals surface area (Å²) >= 11 is 0. The van der Waals surface area contributed by atoms with Crippen LogP contribution >= 0.6 is 0 Å². The van der Waals surface area contributed by atoms with Crippen LogP contribution in [0.2, 0.25) is 0 Å². The summed E-state index contributed by atoms with van der Waals surface area (Å²) in [6.07, 6.45) is 6.10. The van der Waals surface area contributed by atoms with Crippen molar-refractivity contribution in [2.75, 3.05) is 24.1 Å². The second-order valence-corrected chi connectivity index (χ2v) is 8.15. The molecule has 11 heteroatoms. The largest absolute Gasteiger partial charge is 0.447 e. The number of piperidine rings is 1. The molecule has 4 heterocycles. The third kappa shape index (κ3) is 4.66. The van der Waals surface area contributed by atoms with Gasteiger partial charge in [0.15, 0.2) is 5.82 Å². The third-order valence-corrected chi connectivity index (χ3v) is 5.51. The summed E-state index contributed by atoms with van der Waals surface area (Å²) in [5, 5.41) is 12.0. The lowest BCUT2D eigenvalue weighted by Gasteiger charge is -2.32. The van der Waals surface area contributed by atoms with E-state index < -0.39 is 0 Å². The van der Waals surface area contributed by atoms with E-state index >= 15 is 0 Å². The standard InChI is InChI=1S/C21H29N9O2/c1-14(2)32-21(31)28-8-6-17(7-9-28)30-20(22)16(11-25-30)10-24-18-4-5-19(27-15(18)3)29-13-23-12-26-29/h4-5,11-14,17,24H,6-10,22H2,1-3H3. The molecule has 0 saturated carbocycles. The lowest BCUT2D eigenvalue weighted by Crippen LogP contribution is -2.40. The van der Waals surface area contributed by atoms with Crippen molar-refractivity contribution in [3.05, 3.63) is 42.2 Å². The van der Waals surface area contributed by atoms with Gasteiger partial charge in [-0.25, -0.2) is 24.1 Å². The zero-order valence-electron chi connectivity index (χ0n) is 18.6. The van der Waals surface area contributed by atoms with E-state index in [2.05, 4.69) is 25.5 Å². The summed E-state index contributed by atoms with van der Waals surface area (Å²) in [4.78, 5) is 22.4. The number of anilines is 2. The van der Waals surface area contributed by atoms with E-state index in [9.17, 15) is 4.79 Å². The van der Waals surface area contributed by atoms with Crippen molar-refractivity contribution in [3.63, 3.8) is 0 Å². The number of nitrogens with zero attached hydrogens (tertiary/aromatic N) is 7. The van der Waals surface area contributed by atoms with Crippen molar-refractivity contribution in [1.29, 1.82) is 0 Å². The first-order valence-corrected chi connectivity index (χ1v) is 10.8. The van der Waals surface area contributed by atoms with E-state index in [4.69, 9.17) is 10.5 Å². The van der Waals surface area contributed by atoms with Gasteiger partial charge in [0.2, 0.25) is 0 Å². The monoisotopic (exact) mass is 439 g/mol. The number of pyridine rings is 1. The van der Waals surface area contributed by atoms with E-state index in [0.717, 1.165) is 29.8 Å². The second-order valence-electron chi connectivity index (χ2n) is 8.15. The van der Waals surface area contributed by atoms with Crippen LogP contribution in [-0.4, -0.2) is 59.7 Å². The van der Waals surface area contributed by atoms with Crippen LogP contribution in [0.1, 0.15) is 44.0 Å². The molecule has 1 saturated heterocycles. The molecule has 0 aliphatic carbocycles. The Kier molecular flexibility index (Phi) is 6.24. The van der Waals surface area contributed by atoms with Gasteiger partial charge >= 0.3 is 6.09 Å². The molecule has 32 heavy (non-hydrogen) atoms. The van der Waals surface area contributed by atoms with Gasteiger partial charge in [-0.15, -0.1) is 0 Å². The fourth-order valence-electron chi connectivity index (χ4n) is 3.78. The molecule has 3 aromatic heterocycles. The van der Waals surface area contributed by atoms with Gasteiger partial charge in [-0.3, -0.25) is 0 Å². The summed E-state index contributed by atoms with van der Waals surface area (Å²) in [5.74, 6) is 1.35. The van der Waals surface area contributed by atoms with Crippen molar-refractivity contribution < 1.29 is 9.53 Å². The highest BCUT2D eigenvalue weighted by atomic mass is 16.6. The highest BCUT2D eigenvalue weighted by molar-refractivity contribution is 5.67.